The Morgan fingerprint density at radius 1 is 1.47 bits per heavy atom. The van der Waals surface area contributed by atoms with Crippen molar-refractivity contribution in [1.82, 2.24) is 4.90 Å². The van der Waals surface area contributed by atoms with Gasteiger partial charge in [-0.3, -0.25) is 4.79 Å². The molecule has 4 heteroatoms. The van der Waals surface area contributed by atoms with Crippen LogP contribution in [0.5, 0.6) is 5.75 Å². The van der Waals surface area contributed by atoms with Crippen molar-refractivity contribution in [1.29, 1.82) is 0 Å². The van der Waals surface area contributed by atoms with Crippen molar-refractivity contribution in [2.75, 3.05) is 27.2 Å². The number of hydrogen-bond donors (Lipinski definition) is 0. The van der Waals surface area contributed by atoms with Crippen LogP contribution in [-0.2, 0) is 0 Å². The van der Waals surface area contributed by atoms with Crippen molar-refractivity contribution >= 4 is 5.78 Å². The molecule has 3 nitrogen and oxygen atoms in total. The lowest BCUT2D eigenvalue weighted by Gasteiger charge is -2.17. The number of Topliss-reactive ketones (excluding diaryl/α,β-unsaturated/α-hetero) is 1. The Kier molecular flexibility index (Phi) is 3.43. The molecule has 1 aliphatic rings. The van der Waals surface area contributed by atoms with Gasteiger partial charge in [0.25, 0.3) is 0 Å². The van der Waals surface area contributed by atoms with Gasteiger partial charge in [-0.2, -0.15) is 0 Å². The number of hydrogen-bond acceptors (Lipinski definition) is 3. The Balaban J connectivity index is 2.33. The zero-order valence-electron chi connectivity index (χ0n) is 10.1. The van der Waals surface area contributed by atoms with Gasteiger partial charge in [0.2, 0.25) is 0 Å². The van der Waals surface area contributed by atoms with E-state index in [2.05, 4.69) is 0 Å². The Morgan fingerprint density at radius 2 is 2.24 bits per heavy atom. The first kappa shape index (κ1) is 12.0. The summed E-state index contributed by atoms with van der Waals surface area (Å²) >= 11 is 0. The first-order valence-electron chi connectivity index (χ1n) is 5.70. The second-order valence-corrected chi connectivity index (χ2v) is 4.58. The molecule has 1 aromatic rings. The van der Waals surface area contributed by atoms with Gasteiger partial charge in [-0.15, -0.1) is 0 Å². The molecular weight excluding hydrogens is 221 g/mol. The number of ketones is 1. The maximum Gasteiger partial charge on any atom is 0.171 e. The highest BCUT2D eigenvalue weighted by Gasteiger charge is 2.28. The molecular formula is C13H16FNO2. The van der Waals surface area contributed by atoms with E-state index >= 15 is 0 Å². The molecule has 1 aromatic carbocycles. The summed E-state index contributed by atoms with van der Waals surface area (Å²) < 4.78 is 18.9. The van der Waals surface area contributed by atoms with E-state index in [1.807, 2.05) is 19.0 Å². The van der Waals surface area contributed by atoms with E-state index in [4.69, 9.17) is 4.74 Å². The highest BCUT2D eigenvalue weighted by molar-refractivity contribution is 6.00. The van der Waals surface area contributed by atoms with E-state index in [-0.39, 0.29) is 17.5 Å². The first-order valence-corrected chi connectivity index (χ1v) is 5.70. The largest absolute Gasteiger partial charge is 0.490 e. The third-order valence-electron chi connectivity index (χ3n) is 2.90. The minimum Gasteiger partial charge on any atom is -0.490 e. The fourth-order valence-electron chi connectivity index (χ4n) is 2.12. The number of nitrogens with zero attached hydrogens (tertiary/aromatic N) is 1. The highest BCUT2D eigenvalue weighted by atomic mass is 19.1. The van der Waals surface area contributed by atoms with Crippen LogP contribution in [0.3, 0.4) is 0 Å². The van der Waals surface area contributed by atoms with E-state index in [0.29, 0.717) is 25.1 Å². The molecule has 0 aliphatic carbocycles. The van der Waals surface area contributed by atoms with E-state index in [9.17, 15) is 9.18 Å². The molecule has 0 radical (unpaired) electrons. The summed E-state index contributed by atoms with van der Waals surface area (Å²) in [5, 5.41) is 0. The molecule has 1 atom stereocenters. The molecule has 1 heterocycles. The fraction of sp³-hybridized carbons (Fsp3) is 0.462. The van der Waals surface area contributed by atoms with Crippen molar-refractivity contribution in [3.8, 4) is 5.75 Å². The number of benzene rings is 1. The Morgan fingerprint density at radius 3 is 2.94 bits per heavy atom. The monoisotopic (exact) mass is 237 g/mol. The smallest absolute Gasteiger partial charge is 0.171 e. The van der Waals surface area contributed by atoms with Gasteiger partial charge in [0, 0.05) is 12.5 Å². The SMILES string of the molecule is CN(C)CC1CCOc2c(F)cccc2C1=O. The van der Waals surface area contributed by atoms with Crippen LogP contribution in [0.25, 0.3) is 0 Å². The lowest BCUT2D eigenvalue weighted by atomic mass is 9.95. The number of para-hydroxylation sites is 1. The highest BCUT2D eigenvalue weighted by Crippen LogP contribution is 2.29. The number of ether oxygens (including phenoxy) is 1. The normalized spacial score (nSPS) is 19.8. The maximum absolute atomic E-state index is 13.5. The lowest BCUT2D eigenvalue weighted by molar-refractivity contribution is 0.0891. The van der Waals surface area contributed by atoms with Gasteiger partial charge in [0.15, 0.2) is 17.3 Å². The van der Waals surface area contributed by atoms with E-state index < -0.39 is 5.82 Å². The van der Waals surface area contributed by atoms with Gasteiger partial charge < -0.3 is 9.64 Å². The van der Waals surface area contributed by atoms with Crippen LogP contribution in [0.1, 0.15) is 16.8 Å². The van der Waals surface area contributed by atoms with Gasteiger partial charge in [0.05, 0.1) is 12.2 Å². The number of halogens is 1. The average molecular weight is 237 g/mol. The van der Waals surface area contributed by atoms with Crippen molar-refractivity contribution in [3.05, 3.63) is 29.6 Å². The van der Waals surface area contributed by atoms with Gasteiger partial charge in [-0.1, -0.05) is 6.07 Å². The summed E-state index contributed by atoms with van der Waals surface area (Å²) in [5.74, 6) is -0.487. The van der Waals surface area contributed by atoms with Crippen LogP contribution >= 0.6 is 0 Å². The van der Waals surface area contributed by atoms with Crippen molar-refractivity contribution in [2.45, 2.75) is 6.42 Å². The quantitative estimate of drug-likeness (QED) is 0.787. The first-order chi connectivity index (χ1) is 8.09. The topological polar surface area (TPSA) is 29.5 Å². The predicted molar refractivity (Wildman–Crippen MR) is 62.9 cm³/mol. The fourth-order valence-corrected chi connectivity index (χ4v) is 2.12. The summed E-state index contributed by atoms with van der Waals surface area (Å²) in [6.07, 6.45) is 0.630. The molecule has 2 rings (SSSR count). The van der Waals surface area contributed by atoms with E-state index in [0.717, 1.165) is 0 Å². The molecule has 0 fully saturated rings. The van der Waals surface area contributed by atoms with Crippen LogP contribution in [0, 0.1) is 11.7 Å². The lowest BCUT2D eigenvalue weighted by Crippen LogP contribution is -2.27. The standard InChI is InChI=1S/C13H16FNO2/c1-15(2)8-9-6-7-17-13-10(12(9)16)4-3-5-11(13)14/h3-5,9H,6-8H2,1-2H3. The summed E-state index contributed by atoms with van der Waals surface area (Å²) in [6.45, 7) is 1.05. The minimum atomic E-state index is -0.457. The summed E-state index contributed by atoms with van der Waals surface area (Å²) in [5.41, 5.74) is 0.370. The van der Waals surface area contributed by atoms with Crippen LogP contribution in [0.4, 0.5) is 4.39 Å². The number of carbonyl (C=O) groups excluding carboxylic acids is 1. The van der Waals surface area contributed by atoms with Gasteiger partial charge in [-0.05, 0) is 32.6 Å². The third-order valence-corrected chi connectivity index (χ3v) is 2.90. The summed E-state index contributed by atoms with van der Waals surface area (Å²) in [4.78, 5) is 14.2. The predicted octanol–water partition coefficient (Wildman–Crippen LogP) is 1.97. The molecule has 0 aromatic heterocycles. The summed E-state index contributed by atoms with van der Waals surface area (Å²) in [6, 6.07) is 4.50. The van der Waals surface area contributed by atoms with Crippen molar-refractivity contribution in [2.24, 2.45) is 5.92 Å². The van der Waals surface area contributed by atoms with Gasteiger partial charge in [0.1, 0.15) is 0 Å². The van der Waals surface area contributed by atoms with Crippen LogP contribution in [-0.4, -0.2) is 37.9 Å². The summed E-state index contributed by atoms with van der Waals surface area (Å²) in [7, 11) is 3.84. The molecule has 0 saturated heterocycles. The number of carbonyl (C=O) groups is 1. The molecule has 1 aliphatic heterocycles. The Hall–Kier alpha value is -1.42. The van der Waals surface area contributed by atoms with Crippen LogP contribution < -0.4 is 4.74 Å². The van der Waals surface area contributed by atoms with Crippen LogP contribution in [0.15, 0.2) is 18.2 Å². The average Bonchev–Trinajstić information content (AvgIpc) is 2.41. The van der Waals surface area contributed by atoms with Gasteiger partial charge >= 0.3 is 0 Å². The Labute approximate surface area is 100 Å². The Bertz CT molecular complexity index is 431. The van der Waals surface area contributed by atoms with E-state index in [1.165, 1.54) is 6.07 Å². The molecule has 0 saturated carbocycles. The second kappa shape index (κ2) is 4.84. The molecule has 1 unspecified atom stereocenters. The molecule has 0 N–H and O–H groups in total. The molecule has 0 spiro atoms. The van der Waals surface area contributed by atoms with Gasteiger partial charge in [-0.25, -0.2) is 4.39 Å². The molecule has 0 bridgehead atoms. The van der Waals surface area contributed by atoms with Crippen LogP contribution in [0.2, 0.25) is 0 Å². The molecule has 17 heavy (non-hydrogen) atoms. The number of fused-ring (bicyclic) bond motifs is 1. The maximum atomic E-state index is 13.5. The number of rotatable bonds is 2. The minimum absolute atomic E-state index is 0.0225. The molecule has 0 amide bonds. The van der Waals surface area contributed by atoms with Crippen molar-refractivity contribution < 1.29 is 13.9 Å². The third kappa shape index (κ3) is 2.47. The second-order valence-electron chi connectivity index (χ2n) is 4.58. The van der Waals surface area contributed by atoms with E-state index in [1.54, 1.807) is 12.1 Å². The zero-order valence-corrected chi connectivity index (χ0v) is 10.1. The molecule has 92 valence electrons. The zero-order chi connectivity index (χ0) is 12.4. The van der Waals surface area contributed by atoms with Crippen molar-refractivity contribution in [3.63, 3.8) is 0 Å².